The Morgan fingerprint density at radius 2 is 1.77 bits per heavy atom. The summed E-state index contributed by atoms with van der Waals surface area (Å²) in [7, 11) is 1.66. The average molecular weight is 348 g/mol. The van der Waals surface area contributed by atoms with E-state index in [-0.39, 0.29) is 5.91 Å². The first kappa shape index (κ1) is 17.6. The number of hydrogen-bond acceptors (Lipinski definition) is 5. The van der Waals surface area contributed by atoms with E-state index < -0.39 is 0 Å². The smallest absolute Gasteiger partial charge is 0.251 e. The second-order valence-electron chi connectivity index (χ2n) is 5.66. The van der Waals surface area contributed by atoms with Crippen LogP contribution in [0.15, 0.2) is 67.0 Å². The quantitative estimate of drug-likeness (QED) is 0.685. The molecule has 0 unspecified atom stereocenters. The molecular weight excluding hydrogens is 328 g/mol. The standard InChI is InChI=1S/C20H20N4O2/c1-26-14-17-7-3-2-6-16(17)13-23-19(25)15-8-4-9-18(12-15)24-20-21-10-5-11-22-20/h2-12H,13-14H2,1H3,(H,23,25)(H,21,22,24). The van der Waals surface area contributed by atoms with E-state index in [1.807, 2.05) is 36.4 Å². The molecule has 2 N–H and O–H groups in total. The first-order chi connectivity index (χ1) is 12.8. The van der Waals surface area contributed by atoms with Crippen molar-refractivity contribution < 1.29 is 9.53 Å². The minimum Gasteiger partial charge on any atom is -0.380 e. The fourth-order valence-corrected chi connectivity index (χ4v) is 2.53. The van der Waals surface area contributed by atoms with Crippen molar-refractivity contribution in [1.29, 1.82) is 0 Å². The monoisotopic (exact) mass is 348 g/mol. The first-order valence-corrected chi connectivity index (χ1v) is 8.24. The second-order valence-corrected chi connectivity index (χ2v) is 5.66. The van der Waals surface area contributed by atoms with Gasteiger partial charge >= 0.3 is 0 Å². The highest BCUT2D eigenvalue weighted by molar-refractivity contribution is 5.95. The Labute approximate surface area is 152 Å². The highest BCUT2D eigenvalue weighted by Gasteiger charge is 2.08. The number of methoxy groups -OCH3 is 1. The van der Waals surface area contributed by atoms with E-state index >= 15 is 0 Å². The number of aromatic nitrogens is 2. The van der Waals surface area contributed by atoms with Crippen molar-refractivity contribution >= 4 is 17.5 Å². The molecule has 6 heteroatoms. The highest BCUT2D eigenvalue weighted by atomic mass is 16.5. The second kappa shape index (κ2) is 8.73. The van der Waals surface area contributed by atoms with Crippen LogP contribution in [0.3, 0.4) is 0 Å². The van der Waals surface area contributed by atoms with Crippen LogP contribution >= 0.6 is 0 Å². The zero-order valence-corrected chi connectivity index (χ0v) is 14.5. The first-order valence-electron chi connectivity index (χ1n) is 8.24. The molecule has 0 radical (unpaired) electrons. The zero-order valence-electron chi connectivity index (χ0n) is 14.5. The van der Waals surface area contributed by atoms with Crippen molar-refractivity contribution in [2.75, 3.05) is 12.4 Å². The summed E-state index contributed by atoms with van der Waals surface area (Å²) >= 11 is 0. The van der Waals surface area contributed by atoms with Gasteiger partial charge in [-0.1, -0.05) is 30.3 Å². The van der Waals surface area contributed by atoms with Crippen LogP contribution in [0.4, 0.5) is 11.6 Å². The largest absolute Gasteiger partial charge is 0.380 e. The lowest BCUT2D eigenvalue weighted by molar-refractivity contribution is 0.0950. The molecule has 26 heavy (non-hydrogen) atoms. The maximum absolute atomic E-state index is 12.5. The summed E-state index contributed by atoms with van der Waals surface area (Å²) in [6.07, 6.45) is 3.31. The lowest BCUT2D eigenvalue weighted by atomic mass is 10.1. The van der Waals surface area contributed by atoms with Crippen LogP contribution in [0, 0.1) is 0 Å². The number of anilines is 2. The summed E-state index contributed by atoms with van der Waals surface area (Å²) in [5, 5.41) is 6.03. The van der Waals surface area contributed by atoms with Gasteiger partial charge < -0.3 is 15.4 Å². The van der Waals surface area contributed by atoms with E-state index in [4.69, 9.17) is 4.74 Å². The molecule has 0 saturated carbocycles. The molecule has 1 amide bonds. The van der Waals surface area contributed by atoms with Crippen LogP contribution in [0.2, 0.25) is 0 Å². The lowest BCUT2D eigenvalue weighted by Crippen LogP contribution is -2.23. The van der Waals surface area contributed by atoms with E-state index in [0.29, 0.717) is 24.7 Å². The number of nitrogens with zero attached hydrogens (tertiary/aromatic N) is 2. The van der Waals surface area contributed by atoms with Crippen LogP contribution in [0.5, 0.6) is 0 Å². The van der Waals surface area contributed by atoms with Crippen molar-refractivity contribution in [3.8, 4) is 0 Å². The molecular formula is C20H20N4O2. The zero-order chi connectivity index (χ0) is 18.2. The van der Waals surface area contributed by atoms with Crippen molar-refractivity contribution in [3.05, 3.63) is 83.7 Å². The highest BCUT2D eigenvalue weighted by Crippen LogP contribution is 2.15. The molecule has 0 fully saturated rings. The van der Waals surface area contributed by atoms with E-state index in [1.165, 1.54) is 0 Å². The third-order valence-electron chi connectivity index (χ3n) is 3.80. The van der Waals surface area contributed by atoms with Crippen LogP contribution in [0.1, 0.15) is 21.5 Å². The van der Waals surface area contributed by atoms with Crippen LogP contribution in [0.25, 0.3) is 0 Å². The number of nitrogens with one attached hydrogen (secondary N) is 2. The molecule has 3 rings (SSSR count). The molecule has 1 heterocycles. The summed E-state index contributed by atoms with van der Waals surface area (Å²) < 4.78 is 5.20. The normalized spacial score (nSPS) is 10.3. The maximum Gasteiger partial charge on any atom is 0.251 e. The van der Waals surface area contributed by atoms with Crippen molar-refractivity contribution in [1.82, 2.24) is 15.3 Å². The van der Waals surface area contributed by atoms with Crippen LogP contribution < -0.4 is 10.6 Å². The molecule has 0 aliphatic heterocycles. The Hall–Kier alpha value is -3.25. The molecule has 0 saturated heterocycles. The van der Waals surface area contributed by atoms with Crippen LogP contribution in [-0.2, 0) is 17.9 Å². The summed E-state index contributed by atoms with van der Waals surface area (Å²) in [5.74, 6) is 0.341. The molecule has 0 aliphatic rings. The predicted molar refractivity (Wildman–Crippen MR) is 100 cm³/mol. The van der Waals surface area contributed by atoms with E-state index in [2.05, 4.69) is 20.6 Å². The molecule has 1 aromatic heterocycles. The van der Waals surface area contributed by atoms with Gasteiger partial charge in [-0.15, -0.1) is 0 Å². The van der Waals surface area contributed by atoms with E-state index in [9.17, 15) is 4.79 Å². The van der Waals surface area contributed by atoms with Gasteiger partial charge in [-0.25, -0.2) is 9.97 Å². The lowest BCUT2D eigenvalue weighted by Gasteiger charge is -2.11. The SMILES string of the molecule is COCc1ccccc1CNC(=O)c1cccc(Nc2ncccn2)c1. The number of benzene rings is 2. The number of hydrogen-bond donors (Lipinski definition) is 2. The predicted octanol–water partition coefficient (Wildman–Crippen LogP) is 3.30. The van der Waals surface area contributed by atoms with Gasteiger partial charge in [-0.05, 0) is 35.4 Å². The average Bonchev–Trinajstić information content (AvgIpc) is 2.68. The minimum atomic E-state index is -0.144. The number of rotatable bonds is 7. The summed E-state index contributed by atoms with van der Waals surface area (Å²) in [6.45, 7) is 0.959. The van der Waals surface area contributed by atoms with E-state index in [0.717, 1.165) is 16.8 Å². The molecule has 2 aromatic carbocycles. The summed E-state index contributed by atoms with van der Waals surface area (Å²) in [4.78, 5) is 20.7. The van der Waals surface area contributed by atoms with Crippen molar-refractivity contribution in [2.45, 2.75) is 13.2 Å². The van der Waals surface area contributed by atoms with E-state index in [1.54, 1.807) is 37.7 Å². The fraction of sp³-hybridized carbons (Fsp3) is 0.150. The maximum atomic E-state index is 12.5. The number of amides is 1. The van der Waals surface area contributed by atoms with Gasteiger partial charge in [0.25, 0.3) is 5.91 Å². The molecule has 0 atom stereocenters. The minimum absolute atomic E-state index is 0.144. The van der Waals surface area contributed by atoms with Gasteiger partial charge in [0.1, 0.15) is 0 Å². The van der Waals surface area contributed by atoms with Gasteiger partial charge in [-0.2, -0.15) is 0 Å². The van der Waals surface area contributed by atoms with Gasteiger partial charge in [0.05, 0.1) is 6.61 Å². The van der Waals surface area contributed by atoms with Gasteiger partial charge in [0.2, 0.25) is 5.95 Å². The number of ether oxygens (including phenoxy) is 1. The topological polar surface area (TPSA) is 76.1 Å². The third kappa shape index (κ3) is 4.64. The molecule has 0 spiro atoms. The number of carbonyl (C=O) groups excluding carboxylic acids is 1. The molecule has 0 bridgehead atoms. The van der Waals surface area contributed by atoms with Crippen molar-refractivity contribution in [3.63, 3.8) is 0 Å². The molecule has 3 aromatic rings. The summed E-state index contributed by atoms with van der Waals surface area (Å²) in [5.41, 5.74) is 3.42. The Morgan fingerprint density at radius 3 is 2.54 bits per heavy atom. The molecule has 132 valence electrons. The number of carbonyl (C=O) groups is 1. The summed E-state index contributed by atoms with van der Waals surface area (Å²) in [6, 6.07) is 16.9. The van der Waals surface area contributed by atoms with Gasteiger partial charge in [0.15, 0.2) is 0 Å². The van der Waals surface area contributed by atoms with Gasteiger partial charge in [-0.3, -0.25) is 4.79 Å². The Morgan fingerprint density at radius 1 is 1.00 bits per heavy atom. The Kier molecular flexibility index (Phi) is 5.90. The Balaban J connectivity index is 1.66. The fourth-order valence-electron chi connectivity index (χ4n) is 2.53. The van der Waals surface area contributed by atoms with Crippen LogP contribution in [-0.4, -0.2) is 23.0 Å². The Bertz CT molecular complexity index is 868. The molecule has 0 aliphatic carbocycles. The molecule has 6 nitrogen and oxygen atoms in total. The van der Waals surface area contributed by atoms with Gasteiger partial charge in [0, 0.05) is 37.3 Å². The third-order valence-corrected chi connectivity index (χ3v) is 3.80. The van der Waals surface area contributed by atoms with Crippen molar-refractivity contribution in [2.24, 2.45) is 0 Å².